The highest BCUT2D eigenvalue weighted by molar-refractivity contribution is 4.86. The molecule has 1 aromatic rings. The number of nitrogens with zero attached hydrogens (tertiary/aromatic N) is 3. The van der Waals surface area contributed by atoms with E-state index in [4.69, 9.17) is 4.74 Å². The van der Waals surface area contributed by atoms with E-state index in [1.165, 1.54) is 12.8 Å². The smallest absolute Gasteiger partial charge is 0.132 e. The molecule has 14 heavy (non-hydrogen) atoms. The van der Waals surface area contributed by atoms with Gasteiger partial charge in [-0.1, -0.05) is 0 Å². The molecule has 1 saturated heterocycles. The van der Waals surface area contributed by atoms with Gasteiger partial charge in [-0.05, 0) is 26.2 Å². The summed E-state index contributed by atoms with van der Waals surface area (Å²) in [4.78, 5) is 0. The standard InChI is InChI=1S/C10H17N3O/c1-2-13-8-11-12-10(13)6-5-9-4-3-7-14-9/h8-9H,2-7H2,1H3. The van der Waals surface area contributed by atoms with Gasteiger partial charge >= 0.3 is 0 Å². The van der Waals surface area contributed by atoms with E-state index < -0.39 is 0 Å². The summed E-state index contributed by atoms with van der Waals surface area (Å²) in [5.41, 5.74) is 0. The lowest BCUT2D eigenvalue weighted by atomic mass is 10.1. The van der Waals surface area contributed by atoms with Gasteiger partial charge in [-0.3, -0.25) is 0 Å². The molecule has 0 amide bonds. The van der Waals surface area contributed by atoms with Crippen LogP contribution in [0.1, 0.15) is 32.0 Å². The Balaban J connectivity index is 1.84. The molecule has 0 aromatic carbocycles. The molecular weight excluding hydrogens is 178 g/mol. The Kier molecular flexibility index (Phi) is 3.14. The molecule has 1 aliphatic heterocycles. The van der Waals surface area contributed by atoms with Crippen molar-refractivity contribution in [2.24, 2.45) is 0 Å². The Labute approximate surface area is 84.3 Å². The van der Waals surface area contributed by atoms with E-state index in [1.807, 2.05) is 0 Å². The monoisotopic (exact) mass is 195 g/mol. The lowest BCUT2D eigenvalue weighted by Gasteiger charge is -2.08. The van der Waals surface area contributed by atoms with Gasteiger partial charge in [0.05, 0.1) is 6.10 Å². The minimum absolute atomic E-state index is 0.456. The fraction of sp³-hybridized carbons (Fsp3) is 0.800. The molecule has 78 valence electrons. The third-order valence-electron chi connectivity index (χ3n) is 2.75. The second-order valence-electron chi connectivity index (χ2n) is 3.71. The van der Waals surface area contributed by atoms with Crippen LogP contribution in [0.25, 0.3) is 0 Å². The summed E-state index contributed by atoms with van der Waals surface area (Å²) in [7, 11) is 0. The number of rotatable bonds is 4. The van der Waals surface area contributed by atoms with Gasteiger partial charge in [0.25, 0.3) is 0 Å². The molecule has 0 aliphatic carbocycles. The molecule has 0 spiro atoms. The molecule has 1 atom stereocenters. The van der Waals surface area contributed by atoms with Gasteiger partial charge in [-0.2, -0.15) is 0 Å². The maximum Gasteiger partial charge on any atom is 0.132 e. The minimum Gasteiger partial charge on any atom is -0.378 e. The highest BCUT2D eigenvalue weighted by Crippen LogP contribution is 2.16. The molecule has 0 N–H and O–H groups in total. The maximum atomic E-state index is 5.57. The molecule has 4 nitrogen and oxygen atoms in total. The van der Waals surface area contributed by atoms with Crippen molar-refractivity contribution in [3.05, 3.63) is 12.2 Å². The second kappa shape index (κ2) is 4.55. The lowest BCUT2D eigenvalue weighted by molar-refractivity contribution is 0.104. The third kappa shape index (κ3) is 2.12. The summed E-state index contributed by atoms with van der Waals surface area (Å²) in [5.74, 6) is 1.09. The quantitative estimate of drug-likeness (QED) is 0.729. The van der Waals surface area contributed by atoms with Crippen molar-refractivity contribution < 1.29 is 4.74 Å². The average Bonchev–Trinajstić information content (AvgIpc) is 2.85. The molecule has 2 rings (SSSR count). The van der Waals surface area contributed by atoms with Crippen LogP contribution in [0.2, 0.25) is 0 Å². The van der Waals surface area contributed by atoms with E-state index in [0.717, 1.165) is 31.8 Å². The van der Waals surface area contributed by atoms with Crippen LogP contribution < -0.4 is 0 Å². The van der Waals surface area contributed by atoms with E-state index in [2.05, 4.69) is 21.7 Å². The van der Waals surface area contributed by atoms with Crippen LogP contribution in [0.4, 0.5) is 0 Å². The molecule has 4 heteroatoms. The van der Waals surface area contributed by atoms with Gasteiger partial charge in [0.2, 0.25) is 0 Å². The maximum absolute atomic E-state index is 5.57. The van der Waals surface area contributed by atoms with Gasteiger partial charge in [-0.15, -0.1) is 10.2 Å². The molecule has 0 saturated carbocycles. The Bertz CT molecular complexity index is 279. The molecule has 1 fully saturated rings. The summed E-state index contributed by atoms with van der Waals surface area (Å²) >= 11 is 0. The van der Waals surface area contributed by atoms with Crippen molar-refractivity contribution in [3.63, 3.8) is 0 Å². The van der Waals surface area contributed by atoms with Crippen molar-refractivity contribution in [2.75, 3.05) is 6.61 Å². The molecular formula is C10H17N3O. The molecule has 1 aliphatic rings. The Hall–Kier alpha value is -0.900. The van der Waals surface area contributed by atoms with Crippen LogP contribution >= 0.6 is 0 Å². The highest BCUT2D eigenvalue weighted by Gasteiger charge is 2.16. The molecule has 1 unspecified atom stereocenters. The Morgan fingerprint density at radius 2 is 2.57 bits per heavy atom. The van der Waals surface area contributed by atoms with Crippen molar-refractivity contribution in [1.82, 2.24) is 14.8 Å². The SMILES string of the molecule is CCn1cnnc1CCC1CCCO1. The minimum atomic E-state index is 0.456. The number of hydrogen-bond acceptors (Lipinski definition) is 3. The predicted molar refractivity (Wildman–Crippen MR) is 53.0 cm³/mol. The fourth-order valence-electron chi connectivity index (χ4n) is 1.90. The van der Waals surface area contributed by atoms with Crippen LogP contribution in [-0.2, 0) is 17.7 Å². The number of aromatic nitrogens is 3. The summed E-state index contributed by atoms with van der Waals surface area (Å²) < 4.78 is 7.66. The zero-order chi connectivity index (χ0) is 9.80. The van der Waals surface area contributed by atoms with Crippen LogP contribution in [0.3, 0.4) is 0 Å². The first-order chi connectivity index (χ1) is 6.90. The van der Waals surface area contributed by atoms with Gasteiger partial charge in [0, 0.05) is 19.6 Å². The van der Waals surface area contributed by atoms with Crippen LogP contribution in [-0.4, -0.2) is 27.5 Å². The second-order valence-corrected chi connectivity index (χ2v) is 3.71. The van der Waals surface area contributed by atoms with E-state index >= 15 is 0 Å². The zero-order valence-corrected chi connectivity index (χ0v) is 8.65. The Morgan fingerprint density at radius 3 is 3.29 bits per heavy atom. The molecule has 1 aromatic heterocycles. The first-order valence-corrected chi connectivity index (χ1v) is 5.38. The summed E-state index contributed by atoms with van der Waals surface area (Å²) in [5, 5.41) is 8.02. The van der Waals surface area contributed by atoms with Crippen molar-refractivity contribution in [1.29, 1.82) is 0 Å². The van der Waals surface area contributed by atoms with Crippen LogP contribution in [0, 0.1) is 0 Å². The largest absolute Gasteiger partial charge is 0.378 e. The van der Waals surface area contributed by atoms with E-state index in [1.54, 1.807) is 6.33 Å². The van der Waals surface area contributed by atoms with Gasteiger partial charge in [-0.25, -0.2) is 0 Å². The molecule has 0 bridgehead atoms. The van der Waals surface area contributed by atoms with Gasteiger partial charge in [0.15, 0.2) is 0 Å². The average molecular weight is 195 g/mol. The number of ether oxygens (including phenoxy) is 1. The van der Waals surface area contributed by atoms with Gasteiger partial charge in [0.1, 0.15) is 12.2 Å². The summed E-state index contributed by atoms with van der Waals surface area (Å²) in [6.45, 7) is 4.00. The van der Waals surface area contributed by atoms with E-state index in [9.17, 15) is 0 Å². The summed E-state index contributed by atoms with van der Waals surface area (Å²) in [6, 6.07) is 0. The number of aryl methyl sites for hydroxylation is 2. The molecule has 2 heterocycles. The zero-order valence-electron chi connectivity index (χ0n) is 8.65. The fourth-order valence-corrected chi connectivity index (χ4v) is 1.90. The Morgan fingerprint density at radius 1 is 1.64 bits per heavy atom. The van der Waals surface area contributed by atoms with Crippen molar-refractivity contribution in [3.8, 4) is 0 Å². The first-order valence-electron chi connectivity index (χ1n) is 5.38. The predicted octanol–water partition coefficient (Wildman–Crippen LogP) is 1.41. The van der Waals surface area contributed by atoms with Crippen molar-refractivity contribution in [2.45, 2.75) is 45.3 Å². The van der Waals surface area contributed by atoms with E-state index in [0.29, 0.717) is 6.10 Å². The van der Waals surface area contributed by atoms with Crippen LogP contribution in [0.15, 0.2) is 6.33 Å². The molecule has 0 radical (unpaired) electrons. The van der Waals surface area contributed by atoms with Gasteiger partial charge < -0.3 is 9.30 Å². The number of hydrogen-bond donors (Lipinski definition) is 0. The highest BCUT2D eigenvalue weighted by atomic mass is 16.5. The lowest BCUT2D eigenvalue weighted by Crippen LogP contribution is -2.09. The topological polar surface area (TPSA) is 39.9 Å². The normalized spacial score (nSPS) is 21.6. The van der Waals surface area contributed by atoms with Crippen molar-refractivity contribution >= 4 is 0 Å². The third-order valence-corrected chi connectivity index (χ3v) is 2.75. The van der Waals surface area contributed by atoms with E-state index in [-0.39, 0.29) is 0 Å². The first kappa shape index (κ1) is 9.65. The van der Waals surface area contributed by atoms with Crippen LogP contribution in [0.5, 0.6) is 0 Å². The summed E-state index contributed by atoms with van der Waals surface area (Å²) in [6.07, 6.45) is 6.74.